The van der Waals surface area contributed by atoms with Crippen LogP contribution in [-0.2, 0) is 9.53 Å². The summed E-state index contributed by atoms with van der Waals surface area (Å²) in [6, 6.07) is 8.38. The van der Waals surface area contributed by atoms with Gasteiger partial charge in [-0.15, -0.1) is 0 Å². The van der Waals surface area contributed by atoms with Crippen molar-refractivity contribution in [3.05, 3.63) is 34.9 Å². The largest absolute Gasteiger partial charge is 0.452 e. The van der Waals surface area contributed by atoms with Crippen molar-refractivity contribution in [3.63, 3.8) is 0 Å². The summed E-state index contributed by atoms with van der Waals surface area (Å²) >= 11 is 5.78. The lowest BCUT2D eigenvalue weighted by atomic mass is 9.98. The van der Waals surface area contributed by atoms with E-state index in [4.69, 9.17) is 21.6 Å². The van der Waals surface area contributed by atoms with Crippen LogP contribution in [0.4, 0.5) is 0 Å². The van der Waals surface area contributed by atoms with Gasteiger partial charge in [-0.1, -0.05) is 17.7 Å². The van der Waals surface area contributed by atoms with Crippen LogP contribution in [0.25, 0.3) is 0 Å². The first-order valence-electron chi connectivity index (χ1n) is 6.59. The molecule has 1 unspecified atom stereocenters. The van der Waals surface area contributed by atoms with Gasteiger partial charge < -0.3 is 10.1 Å². The van der Waals surface area contributed by atoms with E-state index >= 15 is 0 Å². The third kappa shape index (κ3) is 3.96. The van der Waals surface area contributed by atoms with Crippen molar-refractivity contribution in [1.82, 2.24) is 5.32 Å². The highest BCUT2D eigenvalue weighted by Crippen LogP contribution is 2.39. The van der Waals surface area contributed by atoms with E-state index in [0.717, 1.165) is 12.8 Å². The van der Waals surface area contributed by atoms with Crippen molar-refractivity contribution in [2.45, 2.75) is 25.3 Å². The molecule has 0 radical (unpaired) electrons. The van der Waals surface area contributed by atoms with E-state index in [0.29, 0.717) is 5.02 Å². The molecule has 110 valence electrons. The molecule has 1 N–H and O–H groups in total. The number of nitrogens with zero attached hydrogens (tertiary/aromatic N) is 1. The second kappa shape index (κ2) is 6.15. The minimum absolute atomic E-state index is 0.176. The molecule has 1 atom stereocenters. The van der Waals surface area contributed by atoms with Crippen LogP contribution >= 0.6 is 11.6 Å². The van der Waals surface area contributed by atoms with Gasteiger partial charge in [0.05, 0.1) is 11.6 Å². The van der Waals surface area contributed by atoms with Gasteiger partial charge in [0.25, 0.3) is 5.91 Å². The molecule has 1 aliphatic rings. The molecular weight excluding hydrogens is 292 g/mol. The molecule has 6 heteroatoms. The Balaban J connectivity index is 1.87. The highest BCUT2D eigenvalue weighted by molar-refractivity contribution is 6.30. The van der Waals surface area contributed by atoms with Gasteiger partial charge in [-0.25, -0.2) is 4.79 Å². The predicted octanol–water partition coefficient (Wildman–Crippen LogP) is 2.31. The molecule has 1 aromatic carbocycles. The molecule has 1 aromatic rings. The van der Waals surface area contributed by atoms with Gasteiger partial charge in [-0.2, -0.15) is 5.26 Å². The Morgan fingerprint density at radius 1 is 1.52 bits per heavy atom. The van der Waals surface area contributed by atoms with Gasteiger partial charge in [-0.3, -0.25) is 4.79 Å². The van der Waals surface area contributed by atoms with Crippen molar-refractivity contribution < 1.29 is 14.3 Å². The normalized spacial score (nSPS) is 16.4. The van der Waals surface area contributed by atoms with E-state index in [1.54, 1.807) is 25.1 Å². The molecule has 0 bridgehead atoms. The molecule has 0 saturated heterocycles. The Bertz CT molecular complexity index is 607. The average Bonchev–Trinajstić information content (AvgIpc) is 3.29. The van der Waals surface area contributed by atoms with E-state index in [1.807, 2.05) is 0 Å². The van der Waals surface area contributed by atoms with Crippen molar-refractivity contribution in [2.24, 2.45) is 5.92 Å². The summed E-state index contributed by atoms with van der Waals surface area (Å²) in [5.74, 6) is -0.936. The maximum atomic E-state index is 11.8. The van der Waals surface area contributed by atoms with Crippen LogP contribution in [0.15, 0.2) is 24.3 Å². The zero-order valence-corrected chi connectivity index (χ0v) is 12.3. The second-order valence-corrected chi connectivity index (χ2v) is 5.66. The van der Waals surface area contributed by atoms with Crippen molar-refractivity contribution in [2.75, 3.05) is 6.61 Å². The number of benzene rings is 1. The molecule has 21 heavy (non-hydrogen) atoms. The summed E-state index contributed by atoms with van der Waals surface area (Å²) in [7, 11) is 0. The lowest BCUT2D eigenvalue weighted by molar-refractivity contribution is -0.125. The number of rotatable bonds is 5. The highest BCUT2D eigenvalue weighted by Gasteiger charge is 2.43. The summed E-state index contributed by atoms with van der Waals surface area (Å²) in [5.41, 5.74) is -0.611. The van der Waals surface area contributed by atoms with Gasteiger partial charge in [0, 0.05) is 5.02 Å². The zero-order valence-electron chi connectivity index (χ0n) is 11.6. The maximum absolute atomic E-state index is 11.8. The second-order valence-electron chi connectivity index (χ2n) is 5.22. The highest BCUT2D eigenvalue weighted by atomic mass is 35.5. The summed E-state index contributed by atoms with van der Waals surface area (Å²) in [6.07, 6.45) is 1.85. The number of hydrogen-bond acceptors (Lipinski definition) is 4. The Kier molecular flexibility index (Phi) is 4.49. The average molecular weight is 307 g/mol. The molecule has 2 rings (SSSR count). The van der Waals surface area contributed by atoms with Crippen LogP contribution in [-0.4, -0.2) is 24.0 Å². The van der Waals surface area contributed by atoms with Crippen LogP contribution in [0.3, 0.4) is 0 Å². The van der Waals surface area contributed by atoms with Gasteiger partial charge in [-0.05, 0) is 43.9 Å². The summed E-state index contributed by atoms with van der Waals surface area (Å²) in [4.78, 5) is 23.5. The zero-order chi connectivity index (χ0) is 15.5. The Hall–Kier alpha value is -2.06. The molecule has 1 amide bonds. The van der Waals surface area contributed by atoms with Gasteiger partial charge in [0.1, 0.15) is 5.54 Å². The van der Waals surface area contributed by atoms with Gasteiger partial charge >= 0.3 is 5.97 Å². The van der Waals surface area contributed by atoms with Crippen LogP contribution < -0.4 is 5.32 Å². The quantitative estimate of drug-likeness (QED) is 0.847. The monoisotopic (exact) mass is 306 g/mol. The number of carbonyl (C=O) groups excluding carboxylic acids is 2. The van der Waals surface area contributed by atoms with Crippen molar-refractivity contribution >= 4 is 23.5 Å². The predicted molar refractivity (Wildman–Crippen MR) is 76.6 cm³/mol. The van der Waals surface area contributed by atoms with Gasteiger partial charge in [0.15, 0.2) is 6.61 Å². The van der Waals surface area contributed by atoms with E-state index in [2.05, 4.69) is 11.4 Å². The molecule has 1 fully saturated rings. The number of ether oxygens (including phenoxy) is 1. The fraction of sp³-hybridized carbons (Fsp3) is 0.400. The smallest absolute Gasteiger partial charge is 0.338 e. The number of amides is 1. The molecular formula is C15H15ClN2O3. The first-order chi connectivity index (χ1) is 9.94. The van der Waals surface area contributed by atoms with Crippen LogP contribution in [0, 0.1) is 17.2 Å². The molecule has 1 saturated carbocycles. The minimum Gasteiger partial charge on any atom is -0.452 e. The van der Waals surface area contributed by atoms with E-state index in [1.165, 1.54) is 6.07 Å². The third-order valence-corrected chi connectivity index (χ3v) is 3.65. The molecule has 0 spiro atoms. The number of hydrogen-bond donors (Lipinski definition) is 1. The molecule has 0 aliphatic heterocycles. The lowest BCUT2D eigenvalue weighted by Crippen LogP contribution is -2.48. The maximum Gasteiger partial charge on any atom is 0.338 e. The first kappa shape index (κ1) is 15.3. The Morgan fingerprint density at radius 2 is 2.24 bits per heavy atom. The summed E-state index contributed by atoms with van der Waals surface area (Å²) in [6.45, 7) is 1.26. The van der Waals surface area contributed by atoms with E-state index in [-0.39, 0.29) is 11.5 Å². The molecule has 1 aliphatic carbocycles. The molecule has 0 heterocycles. The lowest BCUT2D eigenvalue weighted by Gasteiger charge is -2.22. The van der Waals surface area contributed by atoms with E-state index in [9.17, 15) is 9.59 Å². The SMILES string of the molecule is CC(C#N)(NC(=O)COC(=O)c1cccc(Cl)c1)C1CC1. The number of nitriles is 1. The topological polar surface area (TPSA) is 79.2 Å². The fourth-order valence-corrected chi connectivity index (χ4v) is 2.23. The summed E-state index contributed by atoms with van der Waals surface area (Å²) < 4.78 is 4.92. The van der Waals surface area contributed by atoms with Crippen LogP contribution in [0.2, 0.25) is 5.02 Å². The number of halogens is 1. The fourth-order valence-electron chi connectivity index (χ4n) is 2.04. The minimum atomic E-state index is -0.889. The molecule has 0 aromatic heterocycles. The van der Waals surface area contributed by atoms with Gasteiger partial charge in [0.2, 0.25) is 0 Å². The first-order valence-corrected chi connectivity index (χ1v) is 6.97. The van der Waals surface area contributed by atoms with Crippen LogP contribution in [0.5, 0.6) is 0 Å². The van der Waals surface area contributed by atoms with Crippen LogP contribution in [0.1, 0.15) is 30.1 Å². The molecule has 5 nitrogen and oxygen atoms in total. The Labute approximate surface area is 127 Å². The van der Waals surface area contributed by atoms with E-state index < -0.39 is 24.0 Å². The number of nitrogens with one attached hydrogen (secondary N) is 1. The third-order valence-electron chi connectivity index (χ3n) is 3.42. The number of esters is 1. The Morgan fingerprint density at radius 3 is 2.81 bits per heavy atom. The summed E-state index contributed by atoms with van der Waals surface area (Å²) in [5, 5.41) is 12.2. The van der Waals surface area contributed by atoms with Crippen molar-refractivity contribution in [3.8, 4) is 6.07 Å². The standard InChI is InChI=1S/C15H15ClN2O3/c1-15(9-17,11-5-6-11)18-13(19)8-21-14(20)10-3-2-4-12(16)7-10/h2-4,7,11H,5-6,8H2,1H3,(H,18,19). The van der Waals surface area contributed by atoms with Crippen molar-refractivity contribution in [1.29, 1.82) is 5.26 Å². The number of carbonyl (C=O) groups is 2.